The Kier molecular flexibility index (Phi) is 3.33. The predicted octanol–water partition coefficient (Wildman–Crippen LogP) is 2.34. The minimum Gasteiger partial charge on any atom is -0.422 e. The van der Waals surface area contributed by atoms with Gasteiger partial charge in [0.1, 0.15) is 5.58 Å². The fourth-order valence-corrected chi connectivity index (χ4v) is 4.18. The fraction of sp³-hybridized carbons (Fsp3) is 0. The average Bonchev–Trinajstić information content (AvgIpc) is 2.60. The van der Waals surface area contributed by atoms with Crippen molar-refractivity contribution in [1.29, 1.82) is 0 Å². The lowest BCUT2D eigenvalue weighted by Gasteiger charge is -2.10. The van der Waals surface area contributed by atoms with E-state index in [1.165, 1.54) is 18.2 Å². The first kappa shape index (κ1) is 15.3. The lowest BCUT2D eigenvalue weighted by molar-refractivity contribution is 0.530. The number of benzene rings is 2. The quantitative estimate of drug-likeness (QED) is 0.516. The van der Waals surface area contributed by atoms with Gasteiger partial charge in [0.15, 0.2) is 4.90 Å². The van der Waals surface area contributed by atoms with Crippen LogP contribution in [-0.4, -0.2) is 12.4 Å². The summed E-state index contributed by atoms with van der Waals surface area (Å²) in [5, 5.41) is 1.02. The second kappa shape index (κ2) is 5.42. The first-order valence-electron chi connectivity index (χ1n) is 7.38. The Balaban J connectivity index is 2.10. The van der Waals surface area contributed by atoms with Crippen molar-refractivity contribution in [3.63, 3.8) is 0 Å². The van der Waals surface area contributed by atoms with E-state index in [9.17, 15) is 18.0 Å². The van der Waals surface area contributed by atoms with E-state index in [4.69, 9.17) is 4.42 Å². The molecule has 0 aliphatic heterocycles. The smallest absolute Gasteiger partial charge is 0.357 e. The fourth-order valence-electron chi connectivity index (χ4n) is 2.73. The summed E-state index contributed by atoms with van der Waals surface area (Å²) >= 11 is 0. The highest BCUT2D eigenvalue weighted by Gasteiger charge is 2.25. The third kappa shape index (κ3) is 2.36. The Morgan fingerprint density at radius 3 is 2.28 bits per heavy atom. The Bertz CT molecular complexity index is 1350. The average molecular weight is 353 g/mol. The molecule has 124 valence electrons. The van der Waals surface area contributed by atoms with Gasteiger partial charge in [-0.05, 0) is 29.7 Å². The van der Waals surface area contributed by atoms with Crippen molar-refractivity contribution in [3.8, 4) is 0 Å². The molecule has 0 radical (unpaired) electrons. The van der Waals surface area contributed by atoms with Gasteiger partial charge in [-0.25, -0.2) is 13.2 Å². The molecule has 0 bridgehead atoms. The summed E-state index contributed by atoms with van der Waals surface area (Å²) in [5.74, 6) is 0. The van der Waals surface area contributed by atoms with E-state index in [1.807, 2.05) is 0 Å². The lowest BCUT2D eigenvalue weighted by Crippen LogP contribution is -2.30. The largest absolute Gasteiger partial charge is 0.422 e. The summed E-state index contributed by atoms with van der Waals surface area (Å²) in [6.07, 6.45) is 0. The van der Waals surface area contributed by atoms with Gasteiger partial charge in [0.05, 0.1) is 5.52 Å². The molecule has 2 heterocycles. The Morgan fingerprint density at radius 1 is 0.800 bits per heavy atom. The number of nitrogens with zero attached hydrogens (tertiary/aromatic N) is 1. The molecule has 4 rings (SSSR count). The maximum atomic E-state index is 13.0. The van der Waals surface area contributed by atoms with Gasteiger partial charge in [-0.1, -0.05) is 36.4 Å². The topological polar surface area (TPSA) is 86.3 Å². The zero-order chi connectivity index (χ0) is 17.6. The standard InChI is InChI=1S/C18H11NO5S/c20-17-10-9-12-5-1-3-7-14(12)19(17)25(22,23)16-11-13-6-2-4-8-15(13)24-18(16)21/h1-11H. The van der Waals surface area contributed by atoms with Crippen molar-refractivity contribution in [2.24, 2.45) is 0 Å². The first-order valence-corrected chi connectivity index (χ1v) is 8.82. The lowest BCUT2D eigenvalue weighted by atomic mass is 10.2. The van der Waals surface area contributed by atoms with Crippen LogP contribution in [0, 0.1) is 0 Å². The van der Waals surface area contributed by atoms with Crippen LogP contribution in [0.5, 0.6) is 0 Å². The molecule has 25 heavy (non-hydrogen) atoms. The van der Waals surface area contributed by atoms with Crippen molar-refractivity contribution in [3.05, 3.63) is 87.5 Å². The summed E-state index contributed by atoms with van der Waals surface area (Å²) in [4.78, 5) is 23.9. The Labute approximate surface area is 141 Å². The molecule has 0 spiro atoms. The van der Waals surface area contributed by atoms with Crippen LogP contribution in [0.3, 0.4) is 0 Å². The molecule has 2 aromatic heterocycles. The van der Waals surface area contributed by atoms with Crippen molar-refractivity contribution in [2.75, 3.05) is 0 Å². The third-order valence-electron chi connectivity index (χ3n) is 3.89. The predicted molar refractivity (Wildman–Crippen MR) is 93.3 cm³/mol. The molecule has 0 aliphatic rings. The Hall–Kier alpha value is -3.19. The zero-order valence-corrected chi connectivity index (χ0v) is 13.6. The summed E-state index contributed by atoms with van der Waals surface area (Å²) < 4.78 is 31.8. The second-order valence-corrected chi connectivity index (χ2v) is 7.19. The summed E-state index contributed by atoms with van der Waals surface area (Å²) in [6, 6.07) is 17.0. The molecular weight excluding hydrogens is 342 g/mol. The SMILES string of the molecule is O=c1oc2ccccc2cc1S(=O)(=O)n1c(=O)ccc2ccccc21. The highest BCUT2D eigenvalue weighted by atomic mass is 32.2. The molecule has 2 aromatic carbocycles. The highest BCUT2D eigenvalue weighted by molar-refractivity contribution is 7.90. The molecule has 0 atom stereocenters. The van der Waals surface area contributed by atoms with Crippen molar-refractivity contribution >= 4 is 31.9 Å². The monoisotopic (exact) mass is 353 g/mol. The summed E-state index contributed by atoms with van der Waals surface area (Å²) in [6.45, 7) is 0. The Morgan fingerprint density at radius 2 is 1.48 bits per heavy atom. The van der Waals surface area contributed by atoms with Crippen molar-refractivity contribution in [1.82, 2.24) is 3.97 Å². The van der Waals surface area contributed by atoms with Gasteiger partial charge in [0, 0.05) is 11.5 Å². The van der Waals surface area contributed by atoms with E-state index in [2.05, 4.69) is 0 Å². The van der Waals surface area contributed by atoms with Crippen LogP contribution < -0.4 is 11.2 Å². The summed E-state index contributed by atoms with van der Waals surface area (Å²) in [5.41, 5.74) is -1.29. The van der Waals surface area contributed by atoms with Gasteiger partial charge in [-0.15, -0.1) is 0 Å². The normalized spacial score (nSPS) is 11.8. The van der Waals surface area contributed by atoms with E-state index < -0.39 is 26.1 Å². The van der Waals surface area contributed by atoms with Crippen LogP contribution in [-0.2, 0) is 10.0 Å². The van der Waals surface area contributed by atoms with Gasteiger partial charge in [-0.2, -0.15) is 3.97 Å². The number of pyridine rings is 1. The maximum Gasteiger partial charge on any atom is 0.357 e. The second-order valence-electron chi connectivity index (χ2n) is 5.44. The van der Waals surface area contributed by atoms with Crippen molar-refractivity contribution < 1.29 is 12.8 Å². The number of fused-ring (bicyclic) bond motifs is 2. The molecule has 4 aromatic rings. The number of rotatable bonds is 2. The van der Waals surface area contributed by atoms with Crippen molar-refractivity contribution in [2.45, 2.75) is 4.90 Å². The van der Waals surface area contributed by atoms with E-state index >= 15 is 0 Å². The van der Waals surface area contributed by atoms with Gasteiger partial charge >= 0.3 is 5.63 Å². The maximum absolute atomic E-state index is 13.0. The van der Waals surface area contributed by atoms with Crippen LogP contribution in [0.2, 0.25) is 0 Å². The molecule has 0 unspecified atom stereocenters. The molecule has 0 saturated carbocycles. The zero-order valence-electron chi connectivity index (χ0n) is 12.7. The van der Waals surface area contributed by atoms with E-state index in [1.54, 1.807) is 42.5 Å². The van der Waals surface area contributed by atoms with Crippen LogP contribution in [0.25, 0.3) is 21.9 Å². The molecule has 0 aliphatic carbocycles. The third-order valence-corrected chi connectivity index (χ3v) is 5.59. The van der Waals surface area contributed by atoms with Crippen LogP contribution in [0.15, 0.2) is 85.6 Å². The molecular formula is C18H11NO5S. The van der Waals surface area contributed by atoms with Crippen LogP contribution in [0.1, 0.15) is 0 Å². The molecule has 0 saturated heterocycles. The number of para-hydroxylation sites is 2. The summed E-state index contributed by atoms with van der Waals surface area (Å²) in [7, 11) is -4.42. The molecule has 0 amide bonds. The number of hydrogen-bond acceptors (Lipinski definition) is 5. The van der Waals surface area contributed by atoms with Crippen LogP contribution in [0.4, 0.5) is 0 Å². The van der Waals surface area contributed by atoms with E-state index in [-0.39, 0.29) is 11.1 Å². The molecule has 7 heteroatoms. The minimum absolute atomic E-state index is 0.197. The first-order chi connectivity index (χ1) is 12.0. The van der Waals surface area contributed by atoms with Gasteiger partial charge in [-0.3, -0.25) is 4.79 Å². The molecule has 0 fully saturated rings. The number of aromatic nitrogens is 1. The highest BCUT2D eigenvalue weighted by Crippen LogP contribution is 2.20. The van der Waals surface area contributed by atoms with Gasteiger partial charge in [0.25, 0.3) is 15.6 Å². The van der Waals surface area contributed by atoms with Crippen LogP contribution >= 0.6 is 0 Å². The van der Waals surface area contributed by atoms with E-state index in [0.29, 0.717) is 14.7 Å². The minimum atomic E-state index is -4.42. The molecule has 6 nitrogen and oxygen atoms in total. The number of hydrogen-bond donors (Lipinski definition) is 0. The molecule has 0 N–H and O–H groups in total. The van der Waals surface area contributed by atoms with Gasteiger partial charge in [0.2, 0.25) is 0 Å². The van der Waals surface area contributed by atoms with E-state index in [0.717, 1.165) is 6.07 Å². The van der Waals surface area contributed by atoms with Gasteiger partial charge < -0.3 is 4.42 Å².